The molecular formula is C18H18ClNO. The van der Waals surface area contributed by atoms with E-state index < -0.39 is 0 Å². The first-order valence-corrected chi connectivity index (χ1v) is 7.17. The Morgan fingerprint density at radius 2 is 1.81 bits per heavy atom. The zero-order chi connectivity index (χ0) is 15.2. The molecule has 1 amide bonds. The van der Waals surface area contributed by atoms with E-state index in [1.165, 1.54) is 5.56 Å². The van der Waals surface area contributed by atoms with Gasteiger partial charge in [0.05, 0.1) is 0 Å². The lowest BCUT2D eigenvalue weighted by atomic mass is 10.1. The first-order valence-electron chi connectivity index (χ1n) is 6.79. The smallest absolute Gasteiger partial charge is 0.246 e. The Morgan fingerprint density at radius 1 is 1.14 bits per heavy atom. The van der Waals surface area contributed by atoms with Crippen molar-refractivity contribution >= 4 is 23.6 Å². The highest BCUT2D eigenvalue weighted by Crippen LogP contribution is 2.16. The van der Waals surface area contributed by atoms with Crippen molar-refractivity contribution in [3.05, 3.63) is 76.3 Å². The fourth-order valence-corrected chi connectivity index (χ4v) is 2.14. The molecule has 0 unspecified atom stereocenters. The van der Waals surface area contributed by atoms with Crippen molar-refractivity contribution in [3.8, 4) is 0 Å². The summed E-state index contributed by atoms with van der Waals surface area (Å²) in [5, 5.41) is 0.641. The van der Waals surface area contributed by atoms with Crippen LogP contribution in [0, 0.1) is 6.92 Å². The van der Waals surface area contributed by atoms with Crippen LogP contribution < -0.4 is 0 Å². The number of benzene rings is 2. The lowest BCUT2D eigenvalue weighted by molar-refractivity contribution is -0.125. The van der Waals surface area contributed by atoms with E-state index in [2.05, 4.69) is 0 Å². The molecule has 0 aliphatic carbocycles. The summed E-state index contributed by atoms with van der Waals surface area (Å²) in [6, 6.07) is 15.6. The topological polar surface area (TPSA) is 20.3 Å². The number of hydrogen-bond donors (Lipinski definition) is 0. The van der Waals surface area contributed by atoms with Gasteiger partial charge < -0.3 is 4.90 Å². The van der Waals surface area contributed by atoms with E-state index in [1.54, 1.807) is 24.1 Å². The van der Waals surface area contributed by atoms with E-state index in [0.29, 0.717) is 11.6 Å². The number of carbonyl (C=O) groups is 1. The molecule has 21 heavy (non-hydrogen) atoms. The molecule has 2 rings (SSSR count). The number of rotatable bonds is 4. The first-order chi connectivity index (χ1) is 10.1. The third-order valence-corrected chi connectivity index (χ3v) is 3.57. The van der Waals surface area contributed by atoms with E-state index in [1.807, 2.05) is 55.5 Å². The van der Waals surface area contributed by atoms with Crippen LogP contribution in [0.25, 0.3) is 6.08 Å². The largest absolute Gasteiger partial charge is 0.338 e. The Labute approximate surface area is 130 Å². The number of halogens is 1. The van der Waals surface area contributed by atoms with Crippen molar-refractivity contribution in [3.63, 3.8) is 0 Å². The van der Waals surface area contributed by atoms with E-state index >= 15 is 0 Å². The third kappa shape index (κ3) is 4.47. The Morgan fingerprint density at radius 3 is 2.48 bits per heavy atom. The van der Waals surface area contributed by atoms with Crippen LogP contribution in [0.15, 0.2) is 54.6 Å². The zero-order valence-corrected chi connectivity index (χ0v) is 13.0. The molecule has 0 atom stereocenters. The monoisotopic (exact) mass is 299 g/mol. The van der Waals surface area contributed by atoms with E-state index in [-0.39, 0.29) is 5.91 Å². The number of likely N-dealkylation sites (N-methyl/N-ethyl adjacent to an activating group) is 1. The molecule has 0 saturated heterocycles. The second-order valence-electron chi connectivity index (χ2n) is 5.03. The highest BCUT2D eigenvalue weighted by atomic mass is 35.5. The molecule has 0 spiro atoms. The van der Waals surface area contributed by atoms with Crippen LogP contribution in [0.4, 0.5) is 0 Å². The van der Waals surface area contributed by atoms with Crippen LogP contribution in [0.5, 0.6) is 0 Å². The van der Waals surface area contributed by atoms with Gasteiger partial charge in [0, 0.05) is 24.7 Å². The lowest BCUT2D eigenvalue weighted by Crippen LogP contribution is -2.24. The molecule has 0 aliphatic heterocycles. The summed E-state index contributed by atoms with van der Waals surface area (Å²) in [5.41, 5.74) is 3.17. The molecule has 0 radical (unpaired) electrons. The summed E-state index contributed by atoms with van der Waals surface area (Å²) in [6.45, 7) is 2.64. The van der Waals surface area contributed by atoms with Gasteiger partial charge in [-0.05, 0) is 30.2 Å². The standard InChI is InChI=1S/C18H18ClNO/c1-14-7-9-15(10-8-14)13-20(2)18(21)12-11-16-5-3-4-6-17(16)19/h3-12H,13H2,1-2H3/b12-11+. The van der Waals surface area contributed by atoms with Gasteiger partial charge in [-0.2, -0.15) is 0 Å². The van der Waals surface area contributed by atoms with Crippen molar-refractivity contribution < 1.29 is 4.79 Å². The highest BCUT2D eigenvalue weighted by Gasteiger charge is 2.06. The van der Waals surface area contributed by atoms with Gasteiger partial charge in [-0.1, -0.05) is 59.6 Å². The molecule has 2 aromatic carbocycles. The minimum atomic E-state index is -0.0458. The van der Waals surface area contributed by atoms with Crippen LogP contribution in [0.3, 0.4) is 0 Å². The summed E-state index contributed by atoms with van der Waals surface area (Å²) in [4.78, 5) is 13.8. The van der Waals surface area contributed by atoms with Crippen molar-refractivity contribution in [1.29, 1.82) is 0 Å². The summed E-state index contributed by atoms with van der Waals surface area (Å²) in [5.74, 6) is -0.0458. The molecule has 2 aromatic rings. The molecule has 0 heterocycles. The lowest BCUT2D eigenvalue weighted by Gasteiger charge is -2.15. The average Bonchev–Trinajstić information content (AvgIpc) is 2.48. The van der Waals surface area contributed by atoms with Crippen LogP contribution in [-0.4, -0.2) is 17.9 Å². The van der Waals surface area contributed by atoms with Crippen LogP contribution >= 0.6 is 11.6 Å². The summed E-state index contributed by atoms with van der Waals surface area (Å²) < 4.78 is 0. The van der Waals surface area contributed by atoms with Crippen molar-refractivity contribution in [1.82, 2.24) is 4.90 Å². The molecule has 0 fully saturated rings. The average molecular weight is 300 g/mol. The van der Waals surface area contributed by atoms with Gasteiger partial charge in [-0.15, -0.1) is 0 Å². The first kappa shape index (κ1) is 15.3. The van der Waals surface area contributed by atoms with Crippen LogP contribution in [-0.2, 0) is 11.3 Å². The van der Waals surface area contributed by atoms with Gasteiger partial charge >= 0.3 is 0 Å². The van der Waals surface area contributed by atoms with E-state index in [9.17, 15) is 4.79 Å². The fourth-order valence-electron chi connectivity index (χ4n) is 1.94. The minimum absolute atomic E-state index is 0.0458. The number of hydrogen-bond acceptors (Lipinski definition) is 1. The Balaban J connectivity index is 1.99. The predicted octanol–water partition coefficient (Wildman–Crippen LogP) is 4.32. The number of amides is 1. The predicted molar refractivity (Wildman–Crippen MR) is 88.1 cm³/mol. The maximum atomic E-state index is 12.1. The number of nitrogens with zero attached hydrogens (tertiary/aromatic N) is 1. The molecule has 0 aromatic heterocycles. The van der Waals surface area contributed by atoms with E-state index in [4.69, 9.17) is 11.6 Å². The molecule has 108 valence electrons. The fraction of sp³-hybridized carbons (Fsp3) is 0.167. The second kappa shape index (κ2) is 7.09. The molecule has 0 saturated carbocycles. The van der Waals surface area contributed by atoms with Gasteiger partial charge in [0.1, 0.15) is 0 Å². The van der Waals surface area contributed by atoms with Crippen molar-refractivity contribution in [2.45, 2.75) is 13.5 Å². The zero-order valence-electron chi connectivity index (χ0n) is 12.2. The SMILES string of the molecule is Cc1ccc(CN(C)C(=O)/C=C/c2ccccc2Cl)cc1. The number of carbonyl (C=O) groups excluding carboxylic acids is 1. The highest BCUT2D eigenvalue weighted by molar-refractivity contribution is 6.32. The van der Waals surface area contributed by atoms with Crippen LogP contribution in [0.2, 0.25) is 5.02 Å². The van der Waals surface area contributed by atoms with Gasteiger partial charge in [0.15, 0.2) is 0 Å². The molecule has 0 N–H and O–H groups in total. The normalized spacial score (nSPS) is 10.8. The van der Waals surface area contributed by atoms with Gasteiger partial charge in [0.2, 0.25) is 5.91 Å². The second-order valence-corrected chi connectivity index (χ2v) is 5.44. The third-order valence-electron chi connectivity index (χ3n) is 3.23. The Kier molecular flexibility index (Phi) is 5.18. The van der Waals surface area contributed by atoms with Gasteiger partial charge in [-0.3, -0.25) is 4.79 Å². The molecule has 2 nitrogen and oxygen atoms in total. The Hall–Kier alpha value is -2.06. The Bertz CT molecular complexity index is 647. The summed E-state index contributed by atoms with van der Waals surface area (Å²) in [7, 11) is 1.79. The minimum Gasteiger partial charge on any atom is -0.338 e. The number of aryl methyl sites for hydroxylation is 1. The van der Waals surface area contributed by atoms with Gasteiger partial charge in [0.25, 0.3) is 0 Å². The molecule has 3 heteroatoms. The maximum Gasteiger partial charge on any atom is 0.246 e. The summed E-state index contributed by atoms with van der Waals surface area (Å²) in [6.07, 6.45) is 3.30. The summed E-state index contributed by atoms with van der Waals surface area (Å²) >= 11 is 6.06. The maximum absolute atomic E-state index is 12.1. The molecule has 0 aliphatic rings. The van der Waals surface area contributed by atoms with Crippen LogP contribution in [0.1, 0.15) is 16.7 Å². The molecular weight excluding hydrogens is 282 g/mol. The van der Waals surface area contributed by atoms with E-state index in [0.717, 1.165) is 11.1 Å². The van der Waals surface area contributed by atoms with Gasteiger partial charge in [-0.25, -0.2) is 0 Å². The van der Waals surface area contributed by atoms with Crippen molar-refractivity contribution in [2.75, 3.05) is 7.05 Å². The van der Waals surface area contributed by atoms with Crippen molar-refractivity contribution in [2.24, 2.45) is 0 Å². The quantitative estimate of drug-likeness (QED) is 0.770. The molecule has 0 bridgehead atoms.